The fraction of sp³-hybridized carbons (Fsp3) is 0.348. The molecule has 2 aromatic rings. The van der Waals surface area contributed by atoms with E-state index in [0.29, 0.717) is 5.56 Å². The zero-order chi connectivity index (χ0) is 21.7. The number of hydrogen-bond donors (Lipinski definition) is 0. The highest BCUT2D eigenvalue weighted by molar-refractivity contribution is 6.89. The summed E-state index contributed by atoms with van der Waals surface area (Å²) in [5.74, 6) is -0.247. The quantitative estimate of drug-likeness (QED) is 0.173. The summed E-state index contributed by atoms with van der Waals surface area (Å²) in [7, 11) is -3.45. The topological polar surface area (TPSA) is 49.7 Å². The normalized spacial score (nSPS) is 12.6. The van der Waals surface area contributed by atoms with Crippen LogP contribution in [0.5, 0.6) is 0 Å². The van der Waals surface area contributed by atoms with Crippen LogP contribution in [0.4, 0.5) is 0 Å². The number of nitrogens with zero attached hydrogens (tertiary/aromatic N) is 2. The van der Waals surface area contributed by atoms with Crippen molar-refractivity contribution in [3.8, 4) is 0 Å². The van der Waals surface area contributed by atoms with Gasteiger partial charge in [0.15, 0.2) is 22.3 Å². The van der Waals surface area contributed by atoms with Gasteiger partial charge in [0, 0.05) is 5.56 Å². The molecule has 0 amide bonds. The molecule has 0 fully saturated rings. The van der Waals surface area contributed by atoms with Crippen molar-refractivity contribution in [1.82, 2.24) is 4.34 Å². The summed E-state index contributed by atoms with van der Waals surface area (Å²) >= 11 is 0. The van der Waals surface area contributed by atoms with Crippen LogP contribution in [0.2, 0.25) is 39.3 Å². The van der Waals surface area contributed by atoms with Crippen LogP contribution in [0.25, 0.3) is 0 Å². The number of ketones is 2. The molecule has 0 heterocycles. The van der Waals surface area contributed by atoms with Crippen LogP contribution in [-0.2, 0) is 4.79 Å². The monoisotopic (exact) mass is 424 g/mol. The third-order valence-electron chi connectivity index (χ3n) is 4.42. The molecule has 0 atom stereocenters. The maximum atomic E-state index is 12.8. The Balaban J connectivity index is 2.32. The van der Waals surface area contributed by atoms with Crippen molar-refractivity contribution < 1.29 is 9.59 Å². The molecule has 0 aromatic heterocycles. The Bertz CT molecular complexity index is 853. The number of Topliss-reactive ketones (excluding diaryl/α,β-unsaturated/α-hetero) is 2. The number of rotatable bonds is 9. The van der Waals surface area contributed by atoms with Crippen molar-refractivity contribution >= 4 is 33.7 Å². The zero-order valence-corrected chi connectivity index (χ0v) is 20.4. The minimum absolute atomic E-state index is 0.101. The van der Waals surface area contributed by atoms with E-state index in [1.165, 1.54) is 0 Å². The fourth-order valence-corrected chi connectivity index (χ4v) is 12.3. The Morgan fingerprint density at radius 1 is 0.724 bits per heavy atom. The van der Waals surface area contributed by atoms with Gasteiger partial charge >= 0.3 is 0 Å². The summed E-state index contributed by atoms with van der Waals surface area (Å²) < 4.78 is 2.31. The first-order chi connectivity index (χ1) is 13.5. The van der Waals surface area contributed by atoms with E-state index in [-0.39, 0.29) is 24.4 Å². The smallest absolute Gasteiger partial charge is 0.170 e. The van der Waals surface area contributed by atoms with Gasteiger partial charge < -0.3 is 4.34 Å². The molecule has 0 aliphatic rings. The summed E-state index contributed by atoms with van der Waals surface area (Å²) in [6.07, 6.45) is 0.0593. The Morgan fingerprint density at radius 2 is 1.17 bits per heavy atom. The van der Waals surface area contributed by atoms with Gasteiger partial charge in [-0.3, -0.25) is 9.59 Å². The van der Waals surface area contributed by atoms with E-state index in [1.807, 2.05) is 48.5 Å². The molecular weight excluding hydrogens is 392 g/mol. The lowest BCUT2D eigenvalue weighted by atomic mass is 10.00. The number of hydrogen-bond acceptors (Lipinski definition) is 4. The highest BCUT2D eigenvalue weighted by Gasteiger charge is 2.34. The van der Waals surface area contributed by atoms with E-state index in [2.05, 4.69) is 43.6 Å². The molecule has 0 spiro atoms. The molecule has 0 bridgehead atoms. The molecule has 154 valence electrons. The minimum Gasteiger partial charge on any atom is -0.350 e. The first-order valence-electron chi connectivity index (χ1n) is 10.0. The van der Waals surface area contributed by atoms with Crippen molar-refractivity contribution in [2.75, 3.05) is 0 Å². The Hall–Kier alpha value is -2.32. The van der Waals surface area contributed by atoms with Gasteiger partial charge in [0.05, 0.1) is 18.6 Å². The Kier molecular flexibility index (Phi) is 7.49. The molecule has 4 nitrogen and oxygen atoms in total. The molecule has 0 saturated carbocycles. The van der Waals surface area contributed by atoms with Crippen molar-refractivity contribution in [3.63, 3.8) is 0 Å². The van der Waals surface area contributed by atoms with Gasteiger partial charge in [0.25, 0.3) is 0 Å². The van der Waals surface area contributed by atoms with Crippen molar-refractivity contribution in [3.05, 3.63) is 71.8 Å². The number of hydrazone groups is 1. The van der Waals surface area contributed by atoms with Gasteiger partial charge in [-0.05, 0) is 5.56 Å². The Morgan fingerprint density at radius 3 is 1.62 bits per heavy atom. The molecule has 29 heavy (non-hydrogen) atoms. The highest BCUT2D eigenvalue weighted by atomic mass is 28.4. The molecule has 0 unspecified atom stereocenters. The minimum atomic E-state index is -1.72. The summed E-state index contributed by atoms with van der Waals surface area (Å²) in [6.45, 7) is 13.7. The van der Waals surface area contributed by atoms with Crippen LogP contribution < -0.4 is 0 Å². The maximum Gasteiger partial charge on any atom is 0.170 e. The largest absolute Gasteiger partial charge is 0.350 e. The number of carbonyl (C=O) groups excluding carboxylic acids is 2. The van der Waals surface area contributed by atoms with Gasteiger partial charge in [0.1, 0.15) is 5.78 Å². The second-order valence-electron chi connectivity index (χ2n) is 9.25. The number of carbonyl (C=O) groups is 2. The molecule has 0 N–H and O–H groups in total. The average Bonchev–Trinajstić information content (AvgIpc) is 2.64. The summed E-state index contributed by atoms with van der Waals surface area (Å²) in [4.78, 5) is 25.3. The lowest BCUT2D eigenvalue weighted by molar-refractivity contribution is -0.117. The van der Waals surface area contributed by atoms with Crippen molar-refractivity contribution in [2.24, 2.45) is 5.10 Å². The average molecular weight is 425 g/mol. The van der Waals surface area contributed by atoms with E-state index in [0.717, 1.165) is 11.3 Å². The summed E-state index contributed by atoms with van der Waals surface area (Å²) in [5.41, 5.74) is 2.26. The molecule has 2 rings (SSSR count). The molecule has 6 heteroatoms. The maximum absolute atomic E-state index is 12.8. The molecule has 2 aromatic carbocycles. The van der Waals surface area contributed by atoms with E-state index < -0.39 is 16.5 Å². The summed E-state index contributed by atoms with van der Waals surface area (Å²) in [6, 6.07) is 18.8. The first kappa shape index (κ1) is 23.0. The predicted octanol–water partition coefficient (Wildman–Crippen LogP) is 5.59. The van der Waals surface area contributed by atoms with Gasteiger partial charge in [-0.2, -0.15) is 5.10 Å². The molecule has 0 aliphatic heterocycles. The van der Waals surface area contributed by atoms with Crippen LogP contribution >= 0.6 is 0 Å². The predicted molar refractivity (Wildman–Crippen MR) is 127 cm³/mol. The Labute approximate surface area is 176 Å². The number of benzene rings is 2. The second kappa shape index (κ2) is 9.45. The SMILES string of the molecule is C[Si](C)(C)N(/N=C(\CC(=O)CC(=O)c1ccccc1)c1ccccc1)[Si](C)(C)C. The standard InChI is InChI=1S/C23H32N2O2Si2/c1-28(2,3)25(29(4,5)6)24-22(19-13-9-7-10-14-19)17-21(26)18-23(27)20-15-11-8-12-16-20/h7-16H,17-18H2,1-6H3/b24-22+. The van der Waals surface area contributed by atoms with Crippen LogP contribution in [0.1, 0.15) is 28.8 Å². The lowest BCUT2D eigenvalue weighted by Crippen LogP contribution is -2.56. The van der Waals surface area contributed by atoms with Gasteiger partial charge in [-0.25, -0.2) is 0 Å². The van der Waals surface area contributed by atoms with E-state index >= 15 is 0 Å². The van der Waals surface area contributed by atoms with Crippen molar-refractivity contribution in [2.45, 2.75) is 52.1 Å². The van der Waals surface area contributed by atoms with E-state index in [1.54, 1.807) is 12.1 Å². The third kappa shape index (κ3) is 6.90. The molecule has 0 saturated heterocycles. The van der Waals surface area contributed by atoms with Crippen LogP contribution in [-0.4, -0.2) is 38.1 Å². The first-order valence-corrected chi connectivity index (χ1v) is 16.9. The van der Waals surface area contributed by atoms with Crippen LogP contribution in [0.15, 0.2) is 65.8 Å². The van der Waals surface area contributed by atoms with Gasteiger partial charge in [-0.1, -0.05) is 99.9 Å². The zero-order valence-electron chi connectivity index (χ0n) is 18.4. The van der Waals surface area contributed by atoms with Crippen molar-refractivity contribution in [1.29, 1.82) is 0 Å². The third-order valence-corrected chi connectivity index (χ3v) is 11.2. The molecule has 0 aliphatic carbocycles. The van der Waals surface area contributed by atoms with E-state index in [9.17, 15) is 9.59 Å². The molecule has 0 radical (unpaired) electrons. The highest BCUT2D eigenvalue weighted by Crippen LogP contribution is 2.22. The van der Waals surface area contributed by atoms with Gasteiger partial charge in [-0.15, -0.1) is 0 Å². The van der Waals surface area contributed by atoms with Crippen LogP contribution in [0, 0.1) is 0 Å². The summed E-state index contributed by atoms with van der Waals surface area (Å²) in [5, 5.41) is 5.05. The lowest BCUT2D eigenvalue weighted by Gasteiger charge is -2.42. The fourth-order valence-electron chi connectivity index (χ4n) is 3.41. The van der Waals surface area contributed by atoms with Crippen LogP contribution in [0.3, 0.4) is 0 Å². The second-order valence-corrected chi connectivity index (χ2v) is 19.2. The van der Waals surface area contributed by atoms with Gasteiger partial charge in [0.2, 0.25) is 0 Å². The van der Waals surface area contributed by atoms with E-state index in [4.69, 9.17) is 5.10 Å². The molecular formula is C23H32N2O2Si2.